The molecular formula is C24H27N3O5S. The number of anilines is 2. The van der Waals surface area contributed by atoms with Gasteiger partial charge in [0.1, 0.15) is 12.3 Å². The molecule has 2 amide bonds. The van der Waals surface area contributed by atoms with Gasteiger partial charge in [0.2, 0.25) is 15.9 Å². The highest BCUT2D eigenvalue weighted by atomic mass is 32.2. The first-order chi connectivity index (χ1) is 15.6. The molecule has 1 aromatic heterocycles. The topological polar surface area (TPSA) is 109 Å². The number of amides is 2. The molecule has 3 aromatic rings. The number of aryl methyl sites for hydroxylation is 3. The molecule has 0 saturated heterocycles. The molecule has 2 aromatic carbocycles. The molecule has 33 heavy (non-hydrogen) atoms. The van der Waals surface area contributed by atoms with Crippen molar-refractivity contribution in [3.8, 4) is 0 Å². The van der Waals surface area contributed by atoms with E-state index in [0.717, 1.165) is 27.3 Å². The van der Waals surface area contributed by atoms with Crippen LogP contribution >= 0.6 is 0 Å². The van der Waals surface area contributed by atoms with Crippen LogP contribution in [0, 0.1) is 20.8 Å². The van der Waals surface area contributed by atoms with Crippen LogP contribution in [-0.4, -0.2) is 33.0 Å². The molecule has 0 aliphatic rings. The SMILES string of the molecule is Cc1cc(C)c(N(CC(=O)Nc2ccccc2C(=O)NCc2ccco2)S(C)(=O)=O)c(C)c1. The summed E-state index contributed by atoms with van der Waals surface area (Å²) < 4.78 is 31.4. The van der Waals surface area contributed by atoms with Crippen molar-refractivity contribution in [3.05, 3.63) is 82.8 Å². The zero-order chi connectivity index (χ0) is 24.2. The summed E-state index contributed by atoms with van der Waals surface area (Å²) in [4.78, 5) is 25.5. The van der Waals surface area contributed by atoms with Crippen molar-refractivity contribution < 1.29 is 22.4 Å². The molecule has 0 aliphatic carbocycles. The van der Waals surface area contributed by atoms with Crippen molar-refractivity contribution in [2.24, 2.45) is 0 Å². The quantitative estimate of drug-likeness (QED) is 0.525. The first-order valence-corrected chi connectivity index (χ1v) is 12.2. The number of para-hydroxylation sites is 1. The molecule has 0 atom stereocenters. The molecule has 2 N–H and O–H groups in total. The Hall–Kier alpha value is -3.59. The fraction of sp³-hybridized carbons (Fsp3) is 0.250. The van der Waals surface area contributed by atoms with Crippen molar-refractivity contribution in [1.82, 2.24) is 5.32 Å². The van der Waals surface area contributed by atoms with Crippen LogP contribution in [-0.2, 0) is 21.4 Å². The summed E-state index contributed by atoms with van der Waals surface area (Å²) in [6, 6.07) is 13.7. The maximum absolute atomic E-state index is 12.9. The highest BCUT2D eigenvalue weighted by Crippen LogP contribution is 2.28. The lowest BCUT2D eigenvalue weighted by Crippen LogP contribution is -2.38. The lowest BCUT2D eigenvalue weighted by atomic mass is 10.1. The van der Waals surface area contributed by atoms with Crippen LogP contribution in [0.5, 0.6) is 0 Å². The van der Waals surface area contributed by atoms with Crippen LogP contribution in [0.1, 0.15) is 32.8 Å². The van der Waals surface area contributed by atoms with E-state index in [9.17, 15) is 18.0 Å². The van der Waals surface area contributed by atoms with Gasteiger partial charge in [0.25, 0.3) is 5.91 Å². The molecular weight excluding hydrogens is 442 g/mol. The average molecular weight is 470 g/mol. The van der Waals surface area contributed by atoms with Gasteiger partial charge >= 0.3 is 0 Å². The number of nitrogens with one attached hydrogen (secondary N) is 2. The predicted octanol–water partition coefficient (Wildman–Crippen LogP) is 3.54. The number of benzene rings is 2. The molecule has 1 heterocycles. The number of carbonyl (C=O) groups is 2. The smallest absolute Gasteiger partial charge is 0.253 e. The van der Waals surface area contributed by atoms with E-state index >= 15 is 0 Å². The molecule has 0 aliphatic heterocycles. The minimum atomic E-state index is -3.74. The highest BCUT2D eigenvalue weighted by Gasteiger charge is 2.25. The van der Waals surface area contributed by atoms with Crippen molar-refractivity contribution in [2.45, 2.75) is 27.3 Å². The Morgan fingerprint density at radius 3 is 2.27 bits per heavy atom. The summed E-state index contributed by atoms with van der Waals surface area (Å²) in [5.41, 5.74) is 3.52. The summed E-state index contributed by atoms with van der Waals surface area (Å²) in [5.74, 6) is -0.365. The summed E-state index contributed by atoms with van der Waals surface area (Å²) in [7, 11) is -3.74. The van der Waals surface area contributed by atoms with Crippen molar-refractivity contribution in [3.63, 3.8) is 0 Å². The molecule has 3 rings (SSSR count). The number of sulfonamides is 1. The fourth-order valence-corrected chi connectivity index (χ4v) is 4.69. The molecule has 0 spiro atoms. The van der Waals surface area contributed by atoms with Crippen molar-refractivity contribution >= 4 is 33.2 Å². The first kappa shape index (κ1) is 24.1. The Labute approximate surface area is 193 Å². The molecule has 0 saturated carbocycles. The largest absolute Gasteiger partial charge is 0.467 e. The molecule has 0 radical (unpaired) electrons. The van der Waals surface area contributed by atoms with Crippen molar-refractivity contribution in [2.75, 3.05) is 22.4 Å². The van der Waals surface area contributed by atoms with Crippen LogP contribution < -0.4 is 14.9 Å². The van der Waals surface area contributed by atoms with Crippen LogP contribution in [0.2, 0.25) is 0 Å². The third kappa shape index (κ3) is 6.01. The lowest BCUT2D eigenvalue weighted by molar-refractivity contribution is -0.114. The molecule has 0 bridgehead atoms. The van der Waals surface area contributed by atoms with Gasteiger partial charge in [-0.25, -0.2) is 8.42 Å². The van der Waals surface area contributed by atoms with E-state index in [-0.39, 0.29) is 17.8 Å². The third-order valence-electron chi connectivity index (χ3n) is 5.02. The lowest BCUT2D eigenvalue weighted by Gasteiger charge is -2.26. The second-order valence-electron chi connectivity index (χ2n) is 7.87. The summed E-state index contributed by atoms with van der Waals surface area (Å²) in [6.07, 6.45) is 2.58. The van der Waals surface area contributed by atoms with Gasteiger partial charge in [-0.3, -0.25) is 13.9 Å². The predicted molar refractivity (Wildman–Crippen MR) is 128 cm³/mol. The van der Waals surface area contributed by atoms with Gasteiger partial charge in [-0.2, -0.15) is 0 Å². The number of rotatable bonds is 8. The number of furan rings is 1. The summed E-state index contributed by atoms with van der Waals surface area (Å²) in [6.45, 7) is 5.32. The van der Waals surface area contributed by atoms with E-state index in [1.54, 1.807) is 36.4 Å². The van der Waals surface area contributed by atoms with E-state index in [4.69, 9.17) is 4.42 Å². The zero-order valence-electron chi connectivity index (χ0n) is 19.0. The molecule has 174 valence electrons. The van der Waals surface area contributed by atoms with Gasteiger partial charge in [0.15, 0.2) is 0 Å². The van der Waals surface area contributed by atoms with Gasteiger partial charge in [-0.05, 0) is 56.2 Å². The second kappa shape index (κ2) is 9.91. The summed E-state index contributed by atoms with van der Waals surface area (Å²) >= 11 is 0. The monoisotopic (exact) mass is 469 g/mol. The molecule has 0 fully saturated rings. The minimum Gasteiger partial charge on any atom is -0.467 e. The normalized spacial score (nSPS) is 11.2. The first-order valence-electron chi connectivity index (χ1n) is 10.3. The van der Waals surface area contributed by atoms with E-state index < -0.39 is 28.4 Å². The zero-order valence-corrected chi connectivity index (χ0v) is 19.8. The van der Waals surface area contributed by atoms with Crippen LogP contribution in [0.15, 0.2) is 59.2 Å². The maximum Gasteiger partial charge on any atom is 0.253 e. The Kier molecular flexibility index (Phi) is 7.23. The summed E-state index contributed by atoms with van der Waals surface area (Å²) in [5, 5.41) is 5.41. The number of hydrogen-bond donors (Lipinski definition) is 2. The van der Waals surface area contributed by atoms with Gasteiger partial charge in [0, 0.05) is 0 Å². The van der Waals surface area contributed by atoms with Crippen LogP contribution in [0.25, 0.3) is 0 Å². The Morgan fingerprint density at radius 1 is 1.00 bits per heavy atom. The van der Waals surface area contributed by atoms with E-state index in [0.29, 0.717) is 11.4 Å². The van der Waals surface area contributed by atoms with E-state index in [2.05, 4.69) is 10.6 Å². The third-order valence-corrected chi connectivity index (χ3v) is 6.13. The number of carbonyl (C=O) groups excluding carboxylic acids is 2. The molecule has 9 heteroatoms. The molecule has 8 nitrogen and oxygen atoms in total. The Bertz CT molecular complexity index is 1240. The van der Waals surface area contributed by atoms with Gasteiger partial charge in [0.05, 0.1) is 36.0 Å². The Morgan fingerprint density at radius 2 is 1.67 bits per heavy atom. The van der Waals surface area contributed by atoms with E-state index in [1.165, 1.54) is 6.26 Å². The minimum absolute atomic E-state index is 0.196. The van der Waals surface area contributed by atoms with Crippen LogP contribution in [0.4, 0.5) is 11.4 Å². The standard InChI is InChI=1S/C24H27N3O5S/c1-16-12-17(2)23(18(3)13-16)27(33(4,30)31)15-22(28)26-21-10-6-5-9-20(21)24(29)25-14-19-8-7-11-32-19/h5-13H,14-15H2,1-4H3,(H,25,29)(H,26,28). The van der Waals surface area contributed by atoms with E-state index in [1.807, 2.05) is 32.9 Å². The van der Waals surface area contributed by atoms with Gasteiger partial charge in [-0.1, -0.05) is 29.8 Å². The highest BCUT2D eigenvalue weighted by molar-refractivity contribution is 7.92. The number of nitrogens with zero attached hydrogens (tertiary/aromatic N) is 1. The number of hydrogen-bond acceptors (Lipinski definition) is 5. The Balaban J connectivity index is 1.80. The van der Waals surface area contributed by atoms with Crippen molar-refractivity contribution in [1.29, 1.82) is 0 Å². The van der Waals surface area contributed by atoms with Crippen LogP contribution in [0.3, 0.4) is 0 Å². The molecule has 0 unspecified atom stereocenters. The van der Waals surface area contributed by atoms with Gasteiger partial charge in [-0.15, -0.1) is 0 Å². The fourth-order valence-electron chi connectivity index (χ4n) is 3.71. The van der Waals surface area contributed by atoms with Gasteiger partial charge < -0.3 is 15.1 Å². The maximum atomic E-state index is 12.9. The average Bonchev–Trinajstić information content (AvgIpc) is 3.24. The second-order valence-corrected chi connectivity index (χ2v) is 9.78.